The smallest absolute Gasteiger partial charge is 0.0994 e. The molecular formula is C14H19N3. The molecule has 1 heterocycles. The molecule has 1 unspecified atom stereocenters. The molecule has 0 amide bonds. The van der Waals surface area contributed by atoms with Crippen molar-refractivity contribution in [2.24, 2.45) is 11.7 Å². The topological polar surface area (TPSA) is 53.0 Å². The third-order valence-corrected chi connectivity index (χ3v) is 3.55. The van der Waals surface area contributed by atoms with Crippen molar-refractivity contribution in [1.82, 2.24) is 0 Å². The van der Waals surface area contributed by atoms with Crippen LogP contribution < -0.4 is 10.6 Å². The molecule has 0 radical (unpaired) electrons. The minimum Gasteiger partial charge on any atom is -0.371 e. The van der Waals surface area contributed by atoms with Gasteiger partial charge in [0, 0.05) is 18.8 Å². The Morgan fingerprint density at radius 1 is 1.53 bits per heavy atom. The molecule has 2 rings (SSSR count). The highest BCUT2D eigenvalue weighted by atomic mass is 15.1. The van der Waals surface area contributed by atoms with E-state index in [9.17, 15) is 0 Å². The summed E-state index contributed by atoms with van der Waals surface area (Å²) in [6, 6.07) is 8.27. The van der Waals surface area contributed by atoms with Crippen molar-refractivity contribution >= 4 is 5.69 Å². The number of nitrogens with zero attached hydrogens (tertiary/aromatic N) is 2. The molecule has 90 valence electrons. The second-order valence-corrected chi connectivity index (χ2v) is 4.80. The summed E-state index contributed by atoms with van der Waals surface area (Å²) in [5.74, 6) is 0.611. The highest BCUT2D eigenvalue weighted by Crippen LogP contribution is 2.24. The Labute approximate surface area is 103 Å². The van der Waals surface area contributed by atoms with Gasteiger partial charge in [0.15, 0.2) is 0 Å². The van der Waals surface area contributed by atoms with E-state index in [-0.39, 0.29) is 0 Å². The molecule has 3 heteroatoms. The molecular weight excluding hydrogens is 210 g/mol. The molecule has 0 bridgehead atoms. The van der Waals surface area contributed by atoms with Gasteiger partial charge in [-0.15, -0.1) is 0 Å². The van der Waals surface area contributed by atoms with E-state index in [1.807, 2.05) is 19.1 Å². The molecule has 1 aliphatic heterocycles. The van der Waals surface area contributed by atoms with E-state index in [0.29, 0.717) is 5.92 Å². The standard InChI is InChI=1S/C14H19N3/c1-11-7-14(5-4-13(11)9-16)17-6-2-3-12(8-15)10-17/h4-5,7,12H,2-3,6,8,10,15H2,1H3. The fraction of sp³-hybridized carbons (Fsp3) is 0.500. The Morgan fingerprint density at radius 2 is 2.35 bits per heavy atom. The van der Waals surface area contributed by atoms with Gasteiger partial charge in [0.2, 0.25) is 0 Å². The summed E-state index contributed by atoms with van der Waals surface area (Å²) < 4.78 is 0. The zero-order valence-corrected chi connectivity index (χ0v) is 10.3. The Kier molecular flexibility index (Phi) is 3.65. The number of nitrogens with two attached hydrogens (primary N) is 1. The summed E-state index contributed by atoms with van der Waals surface area (Å²) in [7, 11) is 0. The minimum atomic E-state index is 0.611. The first-order chi connectivity index (χ1) is 8.24. The average Bonchev–Trinajstić information content (AvgIpc) is 2.38. The van der Waals surface area contributed by atoms with Crippen LogP contribution >= 0.6 is 0 Å². The lowest BCUT2D eigenvalue weighted by atomic mass is 9.97. The van der Waals surface area contributed by atoms with Crippen LogP contribution in [0.2, 0.25) is 0 Å². The molecule has 1 aromatic carbocycles. The van der Waals surface area contributed by atoms with Crippen molar-refractivity contribution in [1.29, 1.82) is 5.26 Å². The lowest BCUT2D eigenvalue weighted by Crippen LogP contribution is -2.38. The van der Waals surface area contributed by atoms with Gasteiger partial charge in [0.05, 0.1) is 11.6 Å². The molecule has 0 aromatic heterocycles. The molecule has 3 nitrogen and oxygen atoms in total. The largest absolute Gasteiger partial charge is 0.371 e. The zero-order chi connectivity index (χ0) is 12.3. The monoisotopic (exact) mass is 229 g/mol. The van der Waals surface area contributed by atoms with Crippen LogP contribution in [0.1, 0.15) is 24.0 Å². The van der Waals surface area contributed by atoms with Crippen molar-refractivity contribution in [2.75, 3.05) is 24.5 Å². The Bertz CT molecular complexity index is 434. The molecule has 1 saturated heterocycles. The van der Waals surface area contributed by atoms with Gasteiger partial charge >= 0.3 is 0 Å². The van der Waals surface area contributed by atoms with E-state index in [1.54, 1.807) is 0 Å². The second-order valence-electron chi connectivity index (χ2n) is 4.80. The number of rotatable bonds is 2. The predicted octanol–water partition coefficient (Wildman–Crippen LogP) is 2.04. The highest BCUT2D eigenvalue weighted by Gasteiger charge is 2.19. The van der Waals surface area contributed by atoms with E-state index in [1.165, 1.54) is 18.5 Å². The van der Waals surface area contributed by atoms with Crippen molar-refractivity contribution in [3.05, 3.63) is 29.3 Å². The van der Waals surface area contributed by atoms with E-state index in [2.05, 4.69) is 17.0 Å². The predicted molar refractivity (Wildman–Crippen MR) is 69.9 cm³/mol. The van der Waals surface area contributed by atoms with Gasteiger partial charge in [0.1, 0.15) is 0 Å². The number of hydrogen-bond donors (Lipinski definition) is 1. The Balaban J connectivity index is 2.17. The zero-order valence-electron chi connectivity index (χ0n) is 10.3. The summed E-state index contributed by atoms with van der Waals surface area (Å²) in [4.78, 5) is 2.38. The number of benzene rings is 1. The minimum absolute atomic E-state index is 0.611. The van der Waals surface area contributed by atoms with E-state index in [4.69, 9.17) is 11.0 Å². The summed E-state index contributed by atoms with van der Waals surface area (Å²) in [6.07, 6.45) is 2.45. The maximum atomic E-state index is 8.92. The molecule has 17 heavy (non-hydrogen) atoms. The maximum absolute atomic E-state index is 8.92. The summed E-state index contributed by atoms with van der Waals surface area (Å²) in [6.45, 7) is 4.90. The molecule has 0 saturated carbocycles. The Morgan fingerprint density at radius 3 is 3.00 bits per heavy atom. The highest BCUT2D eigenvalue weighted by molar-refractivity contribution is 5.53. The average molecular weight is 229 g/mol. The lowest BCUT2D eigenvalue weighted by Gasteiger charge is -2.34. The fourth-order valence-corrected chi connectivity index (χ4v) is 2.46. The number of hydrogen-bond acceptors (Lipinski definition) is 3. The summed E-state index contributed by atoms with van der Waals surface area (Å²) in [5.41, 5.74) is 8.79. The van der Waals surface area contributed by atoms with Gasteiger partial charge in [-0.1, -0.05) is 0 Å². The van der Waals surface area contributed by atoms with Crippen LogP contribution in [0.3, 0.4) is 0 Å². The number of piperidine rings is 1. The van der Waals surface area contributed by atoms with E-state index >= 15 is 0 Å². The van der Waals surface area contributed by atoms with E-state index < -0.39 is 0 Å². The van der Waals surface area contributed by atoms with Gasteiger partial charge in [-0.2, -0.15) is 5.26 Å². The van der Waals surface area contributed by atoms with Crippen LogP contribution in [0.5, 0.6) is 0 Å². The molecule has 1 fully saturated rings. The quantitative estimate of drug-likeness (QED) is 0.844. The van der Waals surface area contributed by atoms with Crippen LogP contribution in [0, 0.1) is 24.2 Å². The van der Waals surface area contributed by atoms with Gasteiger partial charge < -0.3 is 10.6 Å². The Hall–Kier alpha value is -1.53. The van der Waals surface area contributed by atoms with Crippen molar-refractivity contribution in [2.45, 2.75) is 19.8 Å². The first-order valence-corrected chi connectivity index (χ1v) is 6.20. The lowest BCUT2D eigenvalue weighted by molar-refractivity contribution is 0.423. The molecule has 2 N–H and O–H groups in total. The van der Waals surface area contributed by atoms with Crippen molar-refractivity contribution < 1.29 is 0 Å². The van der Waals surface area contributed by atoms with Crippen LogP contribution in [-0.2, 0) is 0 Å². The number of nitriles is 1. The first kappa shape index (κ1) is 11.9. The van der Waals surface area contributed by atoms with E-state index in [0.717, 1.165) is 30.8 Å². The normalized spacial score (nSPS) is 20.1. The summed E-state index contributed by atoms with van der Waals surface area (Å²) in [5, 5.41) is 8.92. The molecule has 0 aliphatic carbocycles. The van der Waals surface area contributed by atoms with Gasteiger partial charge in [-0.05, 0) is 56.0 Å². The first-order valence-electron chi connectivity index (χ1n) is 6.20. The molecule has 1 aromatic rings. The van der Waals surface area contributed by atoms with Gasteiger partial charge in [0.25, 0.3) is 0 Å². The molecule has 1 aliphatic rings. The van der Waals surface area contributed by atoms with Crippen LogP contribution in [0.25, 0.3) is 0 Å². The maximum Gasteiger partial charge on any atom is 0.0994 e. The van der Waals surface area contributed by atoms with Crippen LogP contribution in [0.4, 0.5) is 5.69 Å². The molecule has 1 atom stereocenters. The third kappa shape index (κ3) is 2.59. The van der Waals surface area contributed by atoms with Gasteiger partial charge in [-0.3, -0.25) is 0 Å². The fourth-order valence-electron chi connectivity index (χ4n) is 2.46. The van der Waals surface area contributed by atoms with Crippen molar-refractivity contribution in [3.63, 3.8) is 0 Å². The third-order valence-electron chi connectivity index (χ3n) is 3.55. The number of aryl methyl sites for hydroxylation is 1. The van der Waals surface area contributed by atoms with Crippen LogP contribution in [0.15, 0.2) is 18.2 Å². The SMILES string of the molecule is Cc1cc(N2CCCC(CN)C2)ccc1C#N. The molecule has 0 spiro atoms. The second kappa shape index (κ2) is 5.20. The van der Waals surface area contributed by atoms with Crippen molar-refractivity contribution in [3.8, 4) is 6.07 Å². The summed E-state index contributed by atoms with van der Waals surface area (Å²) >= 11 is 0. The van der Waals surface area contributed by atoms with Crippen LogP contribution in [-0.4, -0.2) is 19.6 Å². The van der Waals surface area contributed by atoms with Gasteiger partial charge in [-0.25, -0.2) is 0 Å². The number of anilines is 1.